The molecule has 0 aromatic heterocycles. The molecule has 0 bridgehead atoms. The second-order valence-corrected chi connectivity index (χ2v) is 5.21. The topological polar surface area (TPSA) is 54.4 Å². The van der Waals surface area contributed by atoms with E-state index in [1.807, 2.05) is 0 Å². The largest absolute Gasteiger partial charge is 0.481 e. The maximum Gasteiger partial charge on any atom is 0.306 e. The number of hydrogen-bond acceptors (Lipinski definition) is 2. The van der Waals surface area contributed by atoms with E-state index in [0.29, 0.717) is 23.4 Å². The van der Waals surface area contributed by atoms with Gasteiger partial charge in [-0.1, -0.05) is 18.0 Å². The SMILES string of the molecule is O=C(C[C@@H]1CCC[C@H]1C(=O)O)c1ccc(Cl)cc1. The Labute approximate surface area is 111 Å². The second-order valence-electron chi connectivity index (χ2n) is 4.77. The van der Waals surface area contributed by atoms with E-state index >= 15 is 0 Å². The standard InChI is InChI=1S/C14H15ClO3/c15-11-6-4-9(5-7-11)13(16)8-10-2-1-3-12(10)14(17)18/h4-7,10,12H,1-3,8H2,(H,17,18)/t10-,12+/m0/s1. The first-order valence-corrected chi connectivity index (χ1v) is 6.47. The monoisotopic (exact) mass is 266 g/mol. The molecule has 96 valence electrons. The molecule has 0 aliphatic heterocycles. The molecule has 1 fully saturated rings. The van der Waals surface area contributed by atoms with Crippen LogP contribution in [0, 0.1) is 11.8 Å². The van der Waals surface area contributed by atoms with Crippen LogP contribution in [0.1, 0.15) is 36.0 Å². The first-order chi connectivity index (χ1) is 8.58. The van der Waals surface area contributed by atoms with Crippen molar-refractivity contribution in [2.75, 3.05) is 0 Å². The van der Waals surface area contributed by atoms with Gasteiger partial charge in [0.15, 0.2) is 5.78 Å². The van der Waals surface area contributed by atoms with Crippen LogP contribution in [0.15, 0.2) is 24.3 Å². The van der Waals surface area contributed by atoms with E-state index in [9.17, 15) is 9.59 Å². The van der Waals surface area contributed by atoms with Crippen LogP contribution < -0.4 is 0 Å². The van der Waals surface area contributed by atoms with Crippen LogP contribution >= 0.6 is 11.6 Å². The van der Waals surface area contributed by atoms with E-state index in [1.54, 1.807) is 24.3 Å². The first-order valence-electron chi connectivity index (χ1n) is 6.09. The summed E-state index contributed by atoms with van der Waals surface area (Å²) >= 11 is 5.76. The molecule has 1 aliphatic rings. The summed E-state index contributed by atoms with van der Waals surface area (Å²) in [6.07, 6.45) is 2.73. The lowest BCUT2D eigenvalue weighted by Crippen LogP contribution is -2.20. The summed E-state index contributed by atoms with van der Waals surface area (Å²) < 4.78 is 0. The van der Waals surface area contributed by atoms with Crippen molar-refractivity contribution < 1.29 is 14.7 Å². The van der Waals surface area contributed by atoms with Crippen molar-refractivity contribution >= 4 is 23.4 Å². The van der Waals surface area contributed by atoms with Gasteiger partial charge in [0.25, 0.3) is 0 Å². The molecule has 1 aromatic rings. The zero-order valence-electron chi connectivity index (χ0n) is 9.93. The van der Waals surface area contributed by atoms with Crippen LogP contribution in [-0.4, -0.2) is 16.9 Å². The molecule has 18 heavy (non-hydrogen) atoms. The number of carboxylic acids is 1. The Bertz CT molecular complexity index is 453. The molecular weight excluding hydrogens is 252 g/mol. The van der Waals surface area contributed by atoms with Crippen molar-refractivity contribution in [1.82, 2.24) is 0 Å². The summed E-state index contributed by atoms with van der Waals surface area (Å²) in [6.45, 7) is 0. The molecule has 0 saturated heterocycles. The minimum absolute atomic E-state index is 0.00446. The second kappa shape index (κ2) is 5.53. The zero-order valence-corrected chi connectivity index (χ0v) is 10.7. The summed E-state index contributed by atoms with van der Waals surface area (Å²) in [5.41, 5.74) is 0.607. The van der Waals surface area contributed by atoms with Crippen LogP contribution in [0.3, 0.4) is 0 Å². The highest BCUT2D eigenvalue weighted by Gasteiger charge is 2.34. The molecule has 0 radical (unpaired) electrons. The molecule has 0 spiro atoms. The number of aliphatic carboxylic acids is 1. The van der Waals surface area contributed by atoms with Crippen molar-refractivity contribution in [3.8, 4) is 0 Å². The Balaban J connectivity index is 2.03. The van der Waals surface area contributed by atoms with Gasteiger partial charge in [-0.15, -0.1) is 0 Å². The Morgan fingerprint density at radius 1 is 1.22 bits per heavy atom. The number of carbonyl (C=O) groups excluding carboxylic acids is 1. The summed E-state index contributed by atoms with van der Waals surface area (Å²) in [5.74, 6) is -1.15. The number of halogens is 1. The molecule has 0 heterocycles. The highest BCUT2D eigenvalue weighted by Crippen LogP contribution is 2.35. The predicted molar refractivity (Wildman–Crippen MR) is 68.9 cm³/mol. The quantitative estimate of drug-likeness (QED) is 0.850. The fraction of sp³-hybridized carbons (Fsp3) is 0.429. The molecule has 2 rings (SSSR count). The van der Waals surface area contributed by atoms with Gasteiger partial charge < -0.3 is 5.11 Å². The maximum atomic E-state index is 12.0. The van der Waals surface area contributed by atoms with Gasteiger partial charge in [-0.25, -0.2) is 0 Å². The smallest absolute Gasteiger partial charge is 0.306 e. The van der Waals surface area contributed by atoms with Crippen LogP contribution in [-0.2, 0) is 4.79 Å². The van der Waals surface area contributed by atoms with Crippen molar-refractivity contribution in [1.29, 1.82) is 0 Å². The fourth-order valence-corrected chi connectivity index (χ4v) is 2.72. The van der Waals surface area contributed by atoms with Gasteiger partial charge in [0.1, 0.15) is 0 Å². The molecule has 1 aliphatic carbocycles. The average molecular weight is 267 g/mol. The average Bonchev–Trinajstić information content (AvgIpc) is 2.78. The molecule has 1 aromatic carbocycles. The molecule has 3 nitrogen and oxygen atoms in total. The summed E-state index contributed by atoms with van der Waals surface area (Å²) in [6, 6.07) is 6.74. The molecule has 0 amide bonds. The molecule has 2 atom stereocenters. The molecule has 0 unspecified atom stereocenters. The highest BCUT2D eigenvalue weighted by molar-refractivity contribution is 6.30. The Morgan fingerprint density at radius 2 is 1.89 bits per heavy atom. The van der Waals surface area contributed by atoms with Crippen LogP contribution in [0.5, 0.6) is 0 Å². The van der Waals surface area contributed by atoms with Gasteiger partial charge in [-0.3, -0.25) is 9.59 Å². The predicted octanol–water partition coefficient (Wildman–Crippen LogP) is 3.41. The van der Waals surface area contributed by atoms with Crippen molar-refractivity contribution in [2.24, 2.45) is 11.8 Å². The number of benzene rings is 1. The minimum Gasteiger partial charge on any atom is -0.481 e. The minimum atomic E-state index is -0.776. The summed E-state index contributed by atoms with van der Waals surface area (Å²) in [7, 11) is 0. The van der Waals surface area contributed by atoms with Crippen LogP contribution in [0.2, 0.25) is 5.02 Å². The van der Waals surface area contributed by atoms with E-state index in [2.05, 4.69) is 0 Å². The zero-order chi connectivity index (χ0) is 13.1. The van der Waals surface area contributed by atoms with E-state index in [-0.39, 0.29) is 17.6 Å². The molecule has 1 N–H and O–H groups in total. The van der Waals surface area contributed by atoms with Gasteiger partial charge in [0.2, 0.25) is 0 Å². The van der Waals surface area contributed by atoms with Gasteiger partial charge in [-0.05, 0) is 43.0 Å². The summed E-state index contributed by atoms with van der Waals surface area (Å²) in [5, 5.41) is 9.67. The van der Waals surface area contributed by atoms with E-state index < -0.39 is 5.97 Å². The van der Waals surface area contributed by atoms with Crippen molar-refractivity contribution in [2.45, 2.75) is 25.7 Å². The number of Topliss-reactive ketones (excluding diaryl/α,β-unsaturated/α-hetero) is 1. The van der Waals surface area contributed by atoms with E-state index in [4.69, 9.17) is 16.7 Å². The van der Waals surface area contributed by atoms with Gasteiger partial charge in [-0.2, -0.15) is 0 Å². The Hall–Kier alpha value is -1.35. The Morgan fingerprint density at radius 3 is 2.50 bits per heavy atom. The lowest BCUT2D eigenvalue weighted by atomic mass is 9.89. The number of carbonyl (C=O) groups is 2. The number of ketones is 1. The van der Waals surface area contributed by atoms with Gasteiger partial charge in [0.05, 0.1) is 5.92 Å². The van der Waals surface area contributed by atoms with E-state index in [0.717, 1.165) is 12.8 Å². The first kappa shape index (κ1) is 13.1. The molecule has 4 heteroatoms. The third-order valence-electron chi connectivity index (χ3n) is 3.59. The Kier molecular flexibility index (Phi) is 4.02. The fourth-order valence-electron chi connectivity index (χ4n) is 2.60. The summed E-state index contributed by atoms with van der Waals surface area (Å²) in [4.78, 5) is 23.1. The van der Waals surface area contributed by atoms with Crippen LogP contribution in [0.25, 0.3) is 0 Å². The molecular formula is C14H15ClO3. The molecule has 1 saturated carbocycles. The number of hydrogen-bond donors (Lipinski definition) is 1. The van der Waals surface area contributed by atoms with Gasteiger partial charge >= 0.3 is 5.97 Å². The highest BCUT2D eigenvalue weighted by atomic mass is 35.5. The van der Waals surface area contributed by atoms with Crippen molar-refractivity contribution in [3.05, 3.63) is 34.9 Å². The number of carboxylic acid groups (broad SMARTS) is 1. The third kappa shape index (κ3) is 2.91. The third-order valence-corrected chi connectivity index (χ3v) is 3.84. The number of rotatable bonds is 4. The lowest BCUT2D eigenvalue weighted by Gasteiger charge is -2.14. The normalized spacial score (nSPS) is 22.9. The van der Waals surface area contributed by atoms with Crippen LogP contribution in [0.4, 0.5) is 0 Å². The van der Waals surface area contributed by atoms with E-state index in [1.165, 1.54) is 0 Å². The lowest BCUT2D eigenvalue weighted by molar-refractivity contribution is -0.142. The van der Waals surface area contributed by atoms with Gasteiger partial charge in [0, 0.05) is 17.0 Å². The maximum absolute atomic E-state index is 12.0. The van der Waals surface area contributed by atoms with Crippen molar-refractivity contribution in [3.63, 3.8) is 0 Å².